The Balaban J connectivity index is 2.10. The highest BCUT2D eigenvalue weighted by atomic mass is 31.1. The first-order chi connectivity index (χ1) is 12.5. The van der Waals surface area contributed by atoms with Crippen molar-refractivity contribution in [1.82, 2.24) is 9.65 Å². The van der Waals surface area contributed by atoms with Crippen LogP contribution in [0.5, 0.6) is 0 Å². The van der Waals surface area contributed by atoms with Crippen molar-refractivity contribution in [2.24, 2.45) is 5.92 Å². The van der Waals surface area contributed by atoms with E-state index in [2.05, 4.69) is 67.6 Å². The summed E-state index contributed by atoms with van der Waals surface area (Å²) in [5.74, 6) is 0.608. The van der Waals surface area contributed by atoms with Crippen LogP contribution >= 0.6 is 8.07 Å². The van der Waals surface area contributed by atoms with Crippen molar-refractivity contribution >= 4 is 19.1 Å². The average molecular weight is 372 g/mol. The Kier molecular flexibility index (Phi) is 6.53. The SMILES string of the molecule is CCCN(C)P(C1=C(C)C=C(C)CC1C)c1cnccc1N1CCCC1. The van der Waals surface area contributed by atoms with E-state index < -0.39 is 8.07 Å². The van der Waals surface area contributed by atoms with Gasteiger partial charge in [0, 0.05) is 51.1 Å². The van der Waals surface area contributed by atoms with Gasteiger partial charge in [-0.15, -0.1) is 0 Å². The van der Waals surface area contributed by atoms with Gasteiger partial charge in [0.1, 0.15) is 0 Å². The highest BCUT2D eigenvalue weighted by Gasteiger charge is 2.31. The summed E-state index contributed by atoms with van der Waals surface area (Å²) in [7, 11) is 1.80. The fourth-order valence-electron chi connectivity index (χ4n) is 4.54. The maximum absolute atomic E-state index is 4.56. The lowest BCUT2D eigenvalue weighted by atomic mass is 9.93. The lowest BCUT2D eigenvalue weighted by Crippen LogP contribution is -2.29. The van der Waals surface area contributed by atoms with Crippen LogP contribution < -0.4 is 10.2 Å². The molecule has 4 heteroatoms. The molecule has 2 heterocycles. The third-order valence-corrected chi connectivity index (χ3v) is 8.46. The lowest BCUT2D eigenvalue weighted by molar-refractivity contribution is 0.542. The van der Waals surface area contributed by atoms with Crippen molar-refractivity contribution in [2.45, 2.75) is 53.4 Å². The van der Waals surface area contributed by atoms with Gasteiger partial charge in [-0.1, -0.05) is 25.5 Å². The largest absolute Gasteiger partial charge is 0.371 e. The van der Waals surface area contributed by atoms with E-state index in [-0.39, 0.29) is 0 Å². The third-order valence-electron chi connectivity index (χ3n) is 5.53. The minimum Gasteiger partial charge on any atom is -0.371 e. The highest BCUT2D eigenvalue weighted by Crippen LogP contribution is 2.55. The standard InChI is InChI=1S/C22H34N3P/c1-6-11-24(5)26(22-18(3)14-17(2)15-19(22)4)21-16-23-10-9-20(21)25-12-7-8-13-25/h9-10,14,16,19H,6-8,11-13,15H2,1-5H3. The molecule has 0 N–H and O–H groups in total. The number of rotatable bonds is 6. The molecule has 0 amide bonds. The van der Waals surface area contributed by atoms with Gasteiger partial charge in [-0.25, -0.2) is 0 Å². The Hall–Kier alpha value is -1.18. The Morgan fingerprint density at radius 1 is 1.27 bits per heavy atom. The van der Waals surface area contributed by atoms with Gasteiger partial charge in [0.05, 0.1) is 0 Å². The minimum absolute atomic E-state index is 0.511. The van der Waals surface area contributed by atoms with Gasteiger partial charge in [0.2, 0.25) is 0 Å². The lowest BCUT2D eigenvalue weighted by Gasteiger charge is -2.38. The maximum atomic E-state index is 4.56. The van der Waals surface area contributed by atoms with Gasteiger partial charge in [-0.3, -0.25) is 9.65 Å². The summed E-state index contributed by atoms with van der Waals surface area (Å²) >= 11 is 0. The van der Waals surface area contributed by atoms with Crippen molar-refractivity contribution < 1.29 is 0 Å². The van der Waals surface area contributed by atoms with Gasteiger partial charge in [0.15, 0.2) is 0 Å². The number of allylic oxidation sites excluding steroid dienone is 4. The minimum atomic E-state index is -0.511. The predicted octanol–water partition coefficient (Wildman–Crippen LogP) is 5.31. The van der Waals surface area contributed by atoms with E-state index in [9.17, 15) is 0 Å². The van der Waals surface area contributed by atoms with E-state index in [4.69, 9.17) is 0 Å². The fraction of sp³-hybridized carbons (Fsp3) is 0.591. The van der Waals surface area contributed by atoms with Gasteiger partial charge in [0.25, 0.3) is 0 Å². The monoisotopic (exact) mass is 371 g/mol. The Bertz CT molecular complexity index is 688. The van der Waals surface area contributed by atoms with Crippen LogP contribution in [0.25, 0.3) is 0 Å². The van der Waals surface area contributed by atoms with E-state index in [0.717, 1.165) is 6.54 Å². The molecule has 1 fully saturated rings. The van der Waals surface area contributed by atoms with Crippen LogP contribution in [0, 0.1) is 5.92 Å². The van der Waals surface area contributed by atoms with Crippen LogP contribution in [0.4, 0.5) is 5.69 Å². The van der Waals surface area contributed by atoms with Crippen LogP contribution in [-0.4, -0.2) is 36.3 Å². The average Bonchev–Trinajstić information content (AvgIpc) is 3.12. The van der Waals surface area contributed by atoms with Gasteiger partial charge in [-0.05, 0) is 69.5 Å². The molecule has 1 saturated heterocycles. The van der Waals surface area contributed by atoms with E-state index in [1.165, 1.54) is 60.9 Å². The maximum Gasteiger partial charge on any atom is 0.0491 e. The Morgan fingerprint density at radius 2 is 2.00 bits per heavy atom. The zero-order valence-corrected chi connectivity index (χ0v) is 18.0. The van der Waals surface area contributed by atoms with Crippen LogP contribution in [0.3, 0.4) is 0 Å². The molecule has 2 aliphatic rings. The molecule has 1 aromatic heterocycles. The Labute approximate surface area is 161 Å². The number of anilines is 1. The van der Waals surface area contributed by atoms with Crippen LogP contribution in [0.2, 0.25) is 0 Å². The van der Waals surface area contributed by atoms with Crippen LogP contribution in [0.15, 0.2) is 41.0 Å². The van der Waals surface area contributed by atoms with Crippen LogP contribution in [-0.2, 0) is 0 Å². The molecule has 0 radical (unpaired) electrons. The van der Waals surface area contributed by atoms with Gasteiger partial charge >= 0.3 is 0 Å². The van der Waals surface area contributed by atoms with Crippen molar-refractivity contribution in [3.63, 3.8) is 0 Å². The quantitative estimate of drug-likeness (QED) is 0.632. The van der Waals surface area contributed by atoms with E-state index in [1.54, 1.807) is 5.31 Å². The highest BCUT2D eigenvalue weighted by molar-refractivity contribution is 7.67. The molecular weight excluding hydrogens is 337 g/mol. The molecule has 0 spiro atoms. The molecule has 1 aliphatic heterocycles. The normalized spacial score (nSPS) is 22.2. The number of hydrogen-bond acceptors (Lipinski definition) is 3. The summed E-state index contributed by atoms with van der Waals surface area (Å²) in [6, 6.07) is 2.25. The predicted molar refractivity (Wildman–Crippen MR) is 115 cm³/mol. The van der Waals surface area contributed by atoms with Gasteiger partial charge < -0.3 is 4.90 Å². The first kappa shape index (κ1) is 19.6. The molecule has 0 aromatic carbocycles. The van der Waals surface area contributed by atoms with Gasteiger partial charge in [-0.2, -0.15) is 0 Å². The molecule has 2 unspecified atom stereocenters. The number of hydrogen-bond donors (Lipinski definition) is 0. The van der Waals surface area contributed by atoms with Crippen LogP contribution in [0.1, 0.15) is 53.4 Å². The molecule has 1 aromatic rings. The second-order valence-electron chi connectivity index (χ2n) is 7.92. The summed E-state index contributed by atoms with van der Waals surface area (Å²) < 4.78 is 2.61. The molecular formula is C22H34N3P. The summed E-state index contributed by atoms with van der Waals surface area (Å²) in [6.45, 7) is 12.8. The molecule has 1 aliphatic carbocycles. The molecule has 3 nitrogen and oxygen atoms in total. The molecule has 0 bridgehead atoms. The molecule has 142 valence electrons. The summed E-state index contributed by atoms with van der Waals surface area (Å²) in [5, 5.41) is 3.10. The third kappa shape index (κ3) is 4.05. The number of aromatic nitrogens is 1. The topological polar surface area (TPSA) is 19.4 Å². The van der Waals surface area contributed by atoms with Crippen molar-refractivity contribution in [3.8, 4) is 0 Å². The second kappa shape index (κ2) is 8.67. The number of nitrogens with zero attached hydrogens (tertiary/aromatic N) is 3. The second-order valence-corrected chi connectivity index (χ2v) is 10.2. The zero-order valence-electron chi connectivity index (χ0n) is 17.1. The van der Waals surface area contributed by atoms with Crippen molar-refractivity contribution in [1.29, 1.82) is 0 Å². The summed E-state index contributed by atoms with van der Waals surface area (Å²) in [5.41, 5.74) is 4.41. The van der Waals surface area contributed by atoms with Crippen molar-refractivity contribution in [2.75, 3.05) is 31.6 Å². The summed E-state index contributed by atoms with van der Waals surface area (Å²) in [4.78, 5) is 7.14. The number of pyridine rings is 1. The first-order valence-corrected chi connectivity index (χ1v) is 11.4. The summed E-state index contributed by atoms with van der Waals surface area (Å²) in [6.07, 6.45) is 11.5. The van der Waals surface area contributed by atoms with E-state index in [1.807, 2.05) is 6.20 Å². The molecule has 3 rings (SSSR count). The molecule has 0 saturated carbocycles. The fourth-order valence-corrected chi connectivity index (χ4v) is 7.45. The molecule has 2 atom stereocenters. The first-order valence-electron chi connectivity index (χ1n) is 10.1. The zero-order chi connectivity index (χ0) is 18.7. The van der Waals surface area contributed by atoms with Crippen molar-refractivity contribution in [3.05, 3.63) is 41.0 Å². The Morgan fingerprint density at radius 3 is 2.65 bits per heavy atom. The van der Waals surface area contributed by atoms with E-state index >= 15 is 0 Å². The van der Waals surface area contributed by atoms with E-state index in [0.29, 0.717) is 5.92 Å². The molecule has 26 heavy (non-hydrogen) atoms. The smallest absolute Gasteiger partial charge is 0.0491 e.